The Labute approximate surface area is 191 Å². The molecule has 1 aromatic heterocycles. The van der Waals surface area contributed by atoms with Crippen LogP contribution in [0.4, 0.5) is 5.95 Å². The van der Waals surface area contributed by atoms with Crippen molar-refractivity contribution in [3.05, 3.63) is 35.2 Å². The van der Waals surface area contributed by atoms with Gasteiger partial charge in [0.15, 0.2) is 11.5 Å². The minimum absolute atomic E-state index is 0.624. The highest BCUT2D eigenvalue weighted by atomic mass is 16.5. The quantitative estimate of drug-likeness (QED) is 0.620. The molecule has 1 fully saturated rings. The number of rotatable bonds is 8. The third kappa shape index (κ3) is 4.91. The fourth-order valence-corrected chi connectivity index (χ4v) is 4.62. The summed E-state index contributed by atoms with van der Waals surface area (Å²) in [5, 5.41) is 0. The van der Waals surface area contributed by atoms with Crippen LogP contribution < -0.4 is 19.1 Å². The van der Waals surface area contributed by atoms with Crippen LogP contribution in [0.15, 0.2) is 18.3 Å². The summed E-state index contributed by atoms with van der Waals surface area (Å²) in [6.07, 6.45) is 4.17. The lowest BCUT2D eigenvalue weighted by atomic mass is 10.1. The molecule has 0 unspecified atom stereocenters. The van der Waals surface area contributed by atoms with E-state index in [2.05, 4.69) is 21.6 Å². The van der Waals surface area contributed by atoms with Gasteiger partial charge in [0.05, 0.1) is 27.0 Å². The Morgan fingerprint density at radius 2 is 1.62 bits per heavy atom. The fraction of sp³-hybridized carbons (Fsp3) is 0.583. The van der Waals surface area contributed by atoms with Gasteiger partial charge in [-0.3, -0.25) is 9.80 Å². The Kier molecular flexibility index (Phi) is 7.32. The van der Waals surface area contributed by atoms with Crippen LogP contribution in [-0.4, -0.2) is 80.4 Å². The summed E-state index contributed by atoms with van der Waals surface area (Å²) >= 11 is 0. The number of ether oxygens (including phenoxy) is 3. The molecule has 0 N–H and O–H groups in total. The highest BCUT2D eigenvalue weighted by Crippen LogP contribution is 2.38. The van der Waals surface area contributed by atoms with Gasteiger partial charge in [0.25, 0.3) is 0 Å². The van der Waals surface area contributed by atoms with E-state index < -0.39 is 0 Å². The minimum atomic E-state index is 0.624. The summed E-state index contributed by atoms with van der Waals surface area (Å²) in [4.78, 5) is 16.9. The maximum atomic E-state index is 5.50. The largest absolute Gasteiger partial charge is 0.493 e. The highest BCUT2D eigenvalue weighted by Gasteiger charge is 2.23. The molecule has 8 heteroatoms. The van der Waals surface area contributed by atoms with Crippen molar-refractivity contribution in [2.45, 2.75) is 32.9 Å². The first-order valence-electron chi connectivity index (χ1n) is 11.5. The van der Waals surface area contributed by atoms with Crippen LogP contribution in [0.2, 0.25) is 0 Å². The molecule has 0 amide bonds. The van der Waals surface area contributed by atoms with Gasteiger partial charge in [0, 0.05) is 64.0 Å². The smallest absolute Gasteiger partial charge is 0.225 e. The molecule has 2 aromatic rings. The van der Waals surface area contributed by atoms with Crippen molar-refractivity contribution < 1.29 is 14.2 Å². The van der Waals surface area contributed by atoms with Crippen LogP contribution >= 0.6 is 0 Å². The number of fused-ring (bicyclic) bond motifs is 1. The molecule has 3 heterocycles. The van der Waals surface area contributed by atoms with Crippen LogP contribution in [0.25, 0.3) is 0 Å². The molecule has 1 aromatic carbocycles. The summed E-state index contributed by atoms with van der Waals surface area (Å²) in [7, 11) is 4.93. The Bertz CT molecular complexity index is 889. The van der Waals surface area contributed by atoms with Crippen molar-refractivity contribution in [1.29, 1.82) is 0 Å². The Morgan fingerprint density at radius 1 is 0.906 bits per heavy atom. The van der Waals surface area contributed by atoms with Gasteiger partial charge in [0.2, 0.25) is 11.7 Å². The average Bonchev–Trinajstić information content (AvgIpc) is 2.83. The number of anilines is 1. The van der Waals surface area contributed by atoms with Crippen molar-refractivity contribution in [2.75, 3.05) is 65.5 Å². The van der Waals surface area contributed by atoms with Gasteiger partial charge in [0.1, 0.15) is 0 Å². The highest BCUT2D eigenvalue weighted by molar-refractivity contribution is 5.53. The number of aromatic nitrogens is 2. The first-order chi connectivity index (χ1) is 15.6. The molecule has 174 valence electrons. The number of methoxy groups -OCH3 is 3. The van der Waals surface area contributed by atoms with E-state index >= 15 is 0 Å². The second kappa shape index (κ2) is 10.4. The monoisotopic (exact) mass is 441 g/mol. The molecule has 0 aliphatic carbocycles. The molecule has 0 bridgehead atoms. The Morgan fingerprint density at radius 3 is 2.25 bits per heavy atom. The van der Waals surface area contributed by atoms with Crippen LogP contribution in [-0.2, 0) is 19.5 Å². The first kappa shape index (κ1) is 22.6. The molecule has 8 nitrogen and oxygen atoms in total. The SMILES string of the molecule is CCCN1CCN(c2ncc3c(n2)CCN(Cc2cc(OC)c(OC)c(OC)c2)C3)CC1. The van der Waals surface area contributed by atoms with Crippen LogP contribution in [0.5, 0.6) is 17.2 Å². The van der Waals surface area contributed by atoms with Crippen molar-refractivity contribution in [2.24, 2.45) is 0 Å². The molecular formula is C24H35N5O3. The molecule has 0 atom stereocenters. The zero-order chi connectivity index (χ0) is 22.5. The van der Waals surface area contributed by atoms with Gasteiger partial charge in [-0.25, -0.2) is 9.97 Å². The molecule has 2 aliphatic heterocycles. The predicted molar refractivity (Wildman–Crippen MR) is 125 cm³/mol. The second-order valence-electron chi connectivity index (χ2n) is 8.46. The Hall–Kier alpha value is -2.58. The normalized spacial score (nSPS) is 17.2. The minimum Gasteiger partial charge on any atom is -0.493 e. The van der Waals surface area contributed by atoms with E-state index in [1.807, 2.05) is 18.3 Å². The van der Waals surface area contributed by atoms with Crippen molar-refractivity contribution in [1.82, 2.24) is 19.8 Å². The van der Waals surface area contributed by atoms with Crippen molar-refractivity contribution in [3.63, 3.8) is 0 Å². The van der Waals surface area contributed by atoms with Gasteiger partial charge < -0.3 is 19.1 Å². The maximum Gasteiger partial charge on any atom is 0.225 e. The fourth-order valence-electron chi connectivity index (χ4n) is 4.62. The van der Waals surface area contributed by atoms with Gasteiger partial charge in [-0.15, -0.1) is 0 Å². The summed E-state index contributed by atoms with van der Waals surface area (Å²) < 4.78 is 16.5. The topological polar surface area (TPSA) is 63.2 Å². The molecule has 4 rings (SSSR count). The van der Waals surface area contributed by atoms with Gasteiger partial charge in [-0.05, 0) is 30.7 Å². The number of nitrogens with zero attached hydrogens (tertiary/aromatic N) is 5. The zero-order valence-electron chi connectivity index (χ0n) is 19.8. The standard InChI is InChI=1S/C24H35N5O3/c1-5-7-27-9-11-29(12-10-27)24-25-15-19-17-28(8-6-20(19)26-24)16-18-13-21(30-2)23(32-4)22(14-18)31-3/h13-15H,5-12,16-17H2,1-4H3. The lowest BCUT2D eigenvalue weighted by Crippen LogP contribution is -2.47. The third-order valence-corrected chi connectivity index (χ3v) is 6.33. The molecule has 0 spiro atoms. The van der Waals surface area contributed by atoms with E-state index in [1.165, 1.54) is 24.2 Å². The predicted octanol–water partition coefficient (Wildman–Crippen LogP) is 2.59. The number of benzene rings is 1. The number of hydrogen-bond donors (Lipinski definition) is 0. The first-order valence-corrected chi connectivity index (χ1v) is 11.5. The lowest BCUT2D eigenvalue weighted by molar-refractivity contribution is 0.241. The molecule has 0 radical (unpaired) electrons. The molecule has 32 heavy (non-hydrogen) atoms. The van der Waals surface area contributed by atoms with Crippen LogP contribution in [0.1, 0.15) is 30.2 Å². The van der Waals surface area contributed by atoms with Crippen molar-refractivity contribution in [3.8, 4) is 17.2 Å². The lowest BCUT2D eigenvalue weighted by Gasteiger charge is -2.35. The number of hydrogen-bond acceptors (Lipinski definition) is 8. The Balaban J connectivity index is 1.42. The van der Waals surface area contributed by atoms with Crippen LogP contribution in [0, 0.1) is 0 Å². The molecule has 2 aliphatic rings. The van der Waals surface area contributed by atoms with E-state index in [4.69, 9.17) is 24.2 Å². The molecular weight excluding hydrogens is 406 g/mol. The van der Waals surface area contributed by atoms with E-state index in [0.29, 0.717) is 17.2 Å². The van der Waals surface area contributed by atoms with Crippen LogP contribution in [0.3, 0.4) is 0 Å². The number of piperazine rings is 1. The second-order valence-corrected chi connectivity index (χ2v) is 8.46. The van der Waals surface area contributed by atoms with Gasteiger partial charge in [-0.1, -0.05) is 6.92 Å². The van der Waals surface area contributed by atoms with E-state index in [9.17, 15) is 0 Å². The summed E-state index contributed by atoms with van der Waals surface area (Å²) in [5.41, 5.74) is 3.54. The molecule has 1 saturated heterocycles. The zero-order valence-corrected chi connectivity index (χ0v) is 19.8. The van der Waals surface area contributed by atoms with E-state index in [-0.39, 0.29) is 0 Å². The van der Waals surface area contributed by atoms with Crippen molar-refractivity contribution >= 4 is 5.95 Å². The van der Waals surface area contributed by atoms with E-state index in [1.54, 1.807) is 21.3 Å². The van der Waals surface area contributed by atoms with Gasteiger partial charge in [-0.2, -0.15) is 0 Å². The van der Waals surface area contributed by atoms with E-state index in [0.717, 1.165) is 63.7 Å². The third-order valence-electron chi connectivity index (χ3n) is 6.33. The average molecular weight is 442 g/mol. The summed E-state index contributed by atoms with van der Waals surface area (Å²) in [6, 6.07) is 4.04. The summed E-state index contributed by atoms with van der Waals surface area (Å²) in [6.45, 7) is 10.2. The summed E-state index contributed by atoms with van der Waals surface area (Å²) in [5.74, 6) is 2.88. The maximum absolute atomic E-state index is 5.50. The van der Waals surface area contributed by atoms with Gasteiger partial charge >= 0.3 is 0 Å². The molecule has 0 saturated carbocycles.